The molecular weight excluding hydrogens is 597 g/mol. The van der Waals surface area contributed by atoms with Gasteiger partial charge in [-0.1, -0.05) is 38.5 Å². The fourth-order valence-electron chi connectivity index (χ4n) is 6.32. The zero-order valence-electron chi connectivity index (χ0n) is 25.9. The predicted octanol–water partition coefficient (Wildman–Crippen LogP) is 8.26. The summed E-state index contributed by atoms with van der Waals surface area (Å²) >= 11 is 10.9. The quantitative estimate of drug-likeness (QED) is 0.186. The summed E-state index contributed by atoms with van der Waals surface area (Å²) < 4.78 is 27.1. The Kier molecular flexibility index (Phi) is 10.8. The lowest BCUT2D eigenvalue weighted by molar-refractivity contribution is 0.351. The van der Waals surface area contributed by atoms with Gasteiger partial charge >= 0.3 is 0 Å². The van der Waals surface area contributed by atoms with Crippen LogP contribution in [0.1, 0.15) is 76.3 Å². The van der Waals surface area contributed by atoms with Crippen LogP contribution in [0.2, 0.25) is 0 Å². The van der Waals surface area contributed by atoms with Crippen molar-refractivity contribution in [2.24, 2.45) is 0 Å². The first kappa shape index (κ1) is 31.8. The smallest absolute Gasteiger partial charge is 0.195 e. The van der Waals surface area contributed by atoms with Gasteiger partial charge in [-0.15, -0.1) is 0 Å². The number of rotatable bonds is 8. The second kappa shape index (κ2) is 14.9. The van der Waals surface area contributed by atoms with Crippen molar-refractivity contribution in [3.05, 3.63) is 45.9 Å². The van der Waals surface area contributed by atoms with Gasteiger partial charge < -0.3 is 18.9 Å². The summed E-state index contributed by atoms with van der Waals surface area (Å²) in [6, 6.07) is 12.5. The van der Waals surface area contributed by atoms with Gasteiger partial charge in [0, 0.05) is 23.2 Å². The molecule has 0 bridgehead atoms. The van der Waals surface area contributed by atoms with Crippen LogP contribution in [0.3, 0.4) is 0 Å². The van der Waals surface area contributed by atoms with E-state index >= 15 is 0 Å². The minimum absolute atomic E-state index is 0.433. The van der Waals surface area contributed by atoms with Crippen LogP contribution in [0.25, 0.3) is 22.8 Å². The van der Waals surface area contributed by atoms with Gasteiger partial charge in [-0.05, 0) is 86.5 Å². The number of nitrogens with one attached hydrogen (secondary N) is 2. The molecule has 2 aliphatic carbocycles. The summed E-state index contributed by atoms with van der Waals surface area (Å²) in [5.41, 5.74) is 1.96. The zero-order valence-corrected chi connectivity index (χ0v) is 27.6. The van der Waals surface area contributed by atoms with Crippen molar-refractivity contribution in [1.29, 1.82) is 0 Å². The first-order valence-corrected chi connectivity index (χ1v) is 16.1. The maximum atomic E-state index is 5.45. The molecule has 44 heavy (non-hydrogen) atoms. The van der Waals surface area contributed by atoms with E-state index in [1.54, 1.807) is 28.4 Å². The monoisotopic (exact) mass is 638 g/mol. The second-order valence-electron chi connectivity index (χ2n) is 11.2. The average molecular weight is 639 g/mol. The molecule has 2 heterocycles. The molecule has 2 aromatic carbocycles. The highest BCUT2D eigenvalue weighted by molar-refractivity contribution is 7.71. The third-order valence-electron chi connectivity index (χ3n) is 8.57. The minimum atomic E-state index is 0.433. The molecule has 0 saturated heterocycles. The third-order valence-corrected chi connectivity index (χ3v) is 9.15. The molecule has 0 radical (unpaired) electrons. The van der Waals surface area contributed by atoms with Gasteiger partial charge in [0.05, 0.1) is 28.4 Å². The van der Waals surface area contributed by atoms with Crippen LogP contribution in [0.5, 0.6) is 23.0 Å². The summed E-state index contributed by atoms with van der Waals surface area (Å²) in [6.45, 7) is 0. The molecule has 12 heteroatoms. The van der Waals surface area contributed by atoms with E-state index in [0.29, 0.717) is 44.6 Å². The summed E-state index contributed by atoms with van der Waals surface area (Å²) in [5.74, 6) is 4.57. The molecule has 2 aromatic heterocycles. The van der Waals surface area contributed by atoms with Crippen molar-refractivity contribution in [3.8, 4) is 45.8 Å². The number of nitrogens with zero attached hydrogens (tertiary/aromatic N) is 4. The Morgan fingerprint density at radius 2 is 0.932 bits per heavy atom. The van der Waals surface area contributed by atoms with E-state index in [-0.39, 0.29) is 0 Å². The SMILES string of the molecule is COc1ccc(-c2n[nH]c(=S)n2C2CCCCC2)cc1OC.COc1ccc(-c2n[nH]c(=S)n2C2CCCCC2)cc1OC. The van der Waals surface area contributed by atoms with Gasteiger partial charge in [-0.3, -0.25) is 19.3 Å². The summed E-state index contributed by atoms with van der Waals surface area (Å²) in [4.78, 5) is 0. The standard InChI is InChI=1S/2C16H21N3O2S/c2*1-20-13-9-8-11(10-14(13)21-2)15-17-18-16(22)19(15)12-6-4-3-5-7-12/h2*8-10,12H,3-7H2,1-2H3,(H,18,22). The number of methoxy groups -OCH3 is 4. The van der Waals surface area contributed by atoms with E-state index in [0.717, 1.165) is 48.5 Å². The molecule has 0 unspecified atom stereocenters. The molecule has 2 aliphatic rings. The molecule has 2 fully saturated rings. The van der Waals surface area contributed by atoms with Gasteiger partial charge in [0.2, 0.25) is 0 Å². The highest BCUT2D eigenvalue weighted by Gasteiger charge is 2.23. The molecule has 0 atom stereocenters. The molecule has 6 rings (SSSR count). The van der Waals surface area contributed by atoms with E-state index in [1.807, 2.05) is 36.4 Å². The highest BCUT2D eigenvalue weighted by atomic mass is 32.1. The Hall–Kier alpha value is -3.64. The van der Waals surface area contributed by atoms with Crippen molar-refractivity contribution in [3.63, 3.8) is 0 Å². The molecule has 0 amide bonds. The second-order valence-corrected chi connectivity index (χ2v) is 11.9. The van der Waals surface area contributed by atoms with Crippen LogP contribution in [0.15, 0.2) is 36.4 Å². The number of hydrogen-bond donors (Lipinski definition) is 2. The predicted molar refractivity (Wildman–Crippen MR) is 176 cm³/mol. The molecule has 4 aromatic rings. The van der Waals surface area contributed by atoms with Crippen LogP contribution in [-0.4, -0.2) is 58.0 Å². The van der Waals surface area contributed by atoms with Crippen molar-refractivity contribution in [1.82, 2.24) is 29.5 Å². The Morgan fingerprint density at radius 3 is 1.27 bits per heavy atom. The summed E-state index contributed by atoms with van der Waals surface area (Å²) in [6.07, 6.45) is 12.3. The first-order chi connectivity index (χ1) is 21.5. The Labute approximate surface area is 268 Å². The number of hydrogen-bond acceptors (Lipinski definition) is 8. The van der Waals surface area contributed by atoms with Crippen LogP contribution < -0.4 is 18.9 Å². The molecule has 0 aliphatic heterocycles. The lowest BCUT2D eigenvalue weighted by Crippen LogP contribution is -2.14. The van der Waals surface area contributed by atoms with Crippen LogP contribution >= 0.6 is 24.4 Å². The minimum Gasteiger partial charge on any atom is -0.493 e. The highest BCUT2D eigenvalue weighted by Crippen LogP contribution is 2.37. The number of H-pyrrole nitrogens is 2. The lowest BCUT2D eigenvalue weighted by Gasteiger charge is -2.24. The molecule has 0 spiro atoms. The van der Waals surface area contributed by atoms with Crippen molar-refractivity contribution < 1.29 is 18.9 Å². The topological polar surface area (TPSA) is 104 Å². The maximum absolute atomic E-state index is 5.45. The van der Waals surface area contributed by atoms with Gasteiger partial charge in [0.15, 0.2) is 44.2 Å². The third kappa shape index (κ3) is 6.86. The van der Waals surface area contributed by atoms with Gasteiger partial charge in [-0.25, -0.2) is 0 Å². The Morgan fingerprint density at radius 1 is 0.568 bits per heavy atom. The number of benzene rings is 2. The molecular formula is C32H42N6O4S2. The van der Waals surface area contributed by atoms with E-state index < -0.39 is 0 Å². The fourth-order valence-corrected chi connectivity index (χ4v) is 6.89. The van der Waals surface area contributed by atoms with E-state index in [2.05, 4.69) is 29.5 Å². The van der Waals surface area contributed by atoms with Crippen LogP contribution in [0.4, 0.5) is 0 Å². The van der Waals surface area contributed by atoms with E-state index in [1.165, 1.54) is 38.5 Å². The fraction of sp³-hybridized carbons (Fsp3) is 0.500. The molecule has 2 saturated carbocycles. The maximum Gasteiger partial charge on any atom is 0.195 e. The van der Waals surface area contributed by atoms with Gasteiger partial charge in [0.25, 0.3) is 0 Å². The molecule has 236 valence electrons. The summed E-state index contributed by atoms with van der Waals surface area (Å²) in [5, 5.41) is 14.8. The Balaban J connectivity index is 0.000000175. The lowest BCUT2D eigenvalue weighted by atomic mass is 9.95. The van der Waals surface area contributed by atoms with Crippen molar-refractivity contribution >= 4 is 24.4 Å². The molecule has 10 nitrogen and oxygen atoms in total. The zero-order chi connectivity index (χ0) is 31.1. The molecule has 2 N–H and O–H groups in total. The average Bonchev–Trinajstić information content (AvgIpc) is 3.67. The largest absolute Gasteiger partial charge is 0.493 e. The van der Waals surface area contributed by atoms with Gasteiger partial charge in [-0.2, -0.15) is 10.2 Å². The van der Waals surface area contributed by atoms with Crippen molar-refractivity contribution in [2.45, 2.75) is 76.3 Å². The van der Waals surface area contributed by atoms with Crippen molar-refractivity contribution in [2.75, 3.05) is 28.4 Å². The van der Waals surface area contributed by atoms with E-state index in [4.69, 9.17) is 43.4 Å². The van der Waals surface area contributed by atoms with Gasteiger partial charge in [0.1, 0.15) is 0 Å². The first-order valence-electron chi connectivity index (χ1n) is 15.3. The van der Waals surface area contributed by atoms with E-state index in [9.17, 15) is 0 Å². The number of ether oxygens (including phenoxy) is 4. The Bertz CT molecular complexity index is 1530. The summed E-state index contributed by atoms with van der Waals surface area (Å²) in [7, 11) is 6.55. The number of aromatic amines is 2. The normalized spacial score (nSPS) is 15.7. The van der Waals surface area contributed by atoms with Crippen LogP contribution in [0, 0.1) is 9.54 Å². The number of aromatic nitrogens is 6. The van der Waals surface area contributed by atoms with Crippen LogP contribution in [-0.2, 0) is 0 Å².